The monoisotopic (exact) mass is 355 g/mol. The van der Waals surface area contributed by atoms with E-state index in [0.29, 0.717) is 5.78 Å². The maximum Gasteiger partial charge on any atom is 0.234 e. The van der Waals surface area contributed by atoms with Crippen LogP contribution >= 0.6 is 15.9 Å². The molecular weight excluding hydrogens is 334 g/mol. The quantitative estimate of drug-likeness (QED) is 0.756. The van der Waals surface area contributed by atoms with Crippen molar-refractivity contribution in [3.63, 3.8) is 0 Å². The van der Waals surface area contributed by atoms with Gasteiger partial charge in [-0.1, -0.05) is 20.8 Å². The maximum absolute atomic E-state index is 6.37. The summed E-state index contributed by atoms with van der Waals surface area (Å²) in [7, 11) is -1.79. The Morgan fingerprint density at radius 2 is 2.00 bits per heavy atom. The molecular formula is C14H22BrN3OSi. The smallest absolute Gasteiger partial charge is 0.234 e. The minimum atomic E-state index is -1.79. The first kappa shape index (κ1) is 15.7. The van der Waals surface area contributed by atoms with Crippen LogP contribution in [0.2, 0.25) is 18.1 Å². The van der Waals surface area contributed by atoms with Crippen molar-refractivity contribution in [2.75, 3.05) is 0 Å². The molecule has 1 unspecified atom stereocenters. The number of nitrogens with zero attached hydrogens (tertiary/aromatic N) is 3. The van der Waals surface area contributed by atoms with E-state index in [1.807, 2.05) is 16.7 Å². The van der Waals surface area contributed by atoms with E-state index in [1.165, 1.54) is 0 Å². The van der Waals surface area contributed by atoms with Crippen LogP contribution in [0.4, 0.5) is 0 Å². The molecule has 20 heavy (non-hydrogen) atoms. The first-order valence-corrected chi connectivity index (χ1v) is 10.5. The summed E-state index contributed by atoms with van der Waals surface area (Å²) in [5.41, 5.74) is 0.931. The van der Waals surface area contributed by atoms with Crippen LogP contribution in [0.25, 0.3) is 5.78 Å². The minimum absolute atomic E-state index is 0.0173. The summed E-state index contributed by atoms with van der Waals surface area (Å²) in [6, 6.07) is 2.00. The number of rotatable bonds is 3. The number of hydrogen-bond donors (Lipinski definition) is 0. The molecule has 0 bridgehead atoms. The lowest BCUT2D eigenvalue weighted by Crippen LogP contribution is -2.41. The van der Waals surface area contributed by atoms with Crippen LogP contribution in [0, 0.1) is 0 Å². The highest BCUT2D eigenvalue weighted by Gasteiger charge is 2.38. The van der Waals surface area contributed by atoms with Gasteiger partial charge in [0.05, 0.1) is 18.0 Å². The normalized spacial score (nSPS) is 14.8. The number of fused-ring (bicyclic) bond motifs is 1. The predicted molar refractivity (Wildman–Crippen MR) is 87.4 cm³/mol. The van der Waals surface area contributed by atoms with Gasteiger partial charge < -0.3 is 4.43 Å². The second-order valence-electron chi connectivity index (χ2n) is 6.62. The van der Waals surface area contributed by atoms with E-state index < -0.39 is 8.32 Å². The van der Waals surface area contributed by atoms with E-state index in [9.17, 15) is 0 Å². The van der Waals surface area contributed by atoms with E-state index >= 15 is 0 Å². The maximum atomic E-state index is 6.37. The van der Waals surface area contributed by atoms with Crippen molar-refractivity contribution in [3.8, 4) is 0 Å². The lowest BCUT2D eigenvalue weighted by molar-refractivity contribution is 0.198. The summed E-state index contributed by atoms with van der Waals surface area (Å²) in [6.07, 6.45) is 3.71. The van der Waals surface area contributed by atoms with Crippen LogP contribution in [-0.2, 0) is 4.43 Å². The molecule has 2 heterocycles. The Balaban J connectivity index is 2.25. The van der Waals surface area contributed by atoms with Crippen LogP contribution in [0.1, 0.15) is 39.5 Å². The molecule has 2 aromatic rings. The molecule has 2 rings (SSSR count). The van der Waals surface area contributed by atoms with Crippen LogP contribution in [0.5, 0.6) is 0 Å². The zero-order valence-corrected chi connectivity index (χ0v) is 15.5. The van der Waals surface area contributed by atoms with Gasteiger partial charge in [0.15, 0.2) is 8.32 Å². The molecule has 0 aromatic carbocycles. The molecule has 4 nitrogen and oxygen atoms in total. The number of halogens is 1. The van der Waals surface area contributed by atoms with Crippen molar-refractivity contribution in [2.24, 2.45) is 0 Å². The van der Waals surface area contributed by atoms with Gasteiger partial charge in [-0.15, -0.1) is 0 Å². The van der Waals surface area contributed by atoms with E-state index in [1.54, 1.807) is 6.20 Å². The van der Waals surface area contributed by atoms with Gasteiger partial charge in [-0.05, 0) is 47.1 Å². The topological polar surface area (TPSA) is 39.4 Å². The van der Waals surface area contributed by atoms with Crippen LogP contribution < -0.4 is 0 Å². The Bertz CT molecular complexity index is 618. The summed E-state index contributed by atoms with van der Waals surface area (Å²) in [5.74, 6) is 0.694. The van der Waals surface area contributed by atoms with Crippen molar-refractivity contribution in [1.29, 1.82) is 0 Å². The highest BCUT2D eigenvalue weighted by molar-refractivity contribution is 9.10. The molecule has 0 aliphatic rings. The molecule has 0 amide bonds. The third kappa shape index (κ3) is 2.97. The Labute approximate surface area is 129 Å². The molecule has 1 atom stereocenters. The van der Waals surface area contributed by atoms with Gasteiger partial charge in [0.2, 0.25) is 5.78 Å². The standard InChI is InChI=1S/C14H22BrN3OSi/c1-10(19-20(5,6)14(2,3)4)11-7-8-18-12(15)9-16-13(18)17-11/h7-10H,1-6H3. The molecule has 0 spiro atoms. The Kier molecular flexibility index (Phi) is 4.10. The van der Waals surface area contributed by atoms with Crippen LogP contribution in [0.3, 0.4) is 0 Å². The Morgan fingerprint density at radius 1 is 1.35 bits per heavy atom. The van der Waals surface area contributed by atoms with Gasteiger partial charge in [-0.3, -0.25) is 4.40 Å². The Morgan fingerprint density at radius 3 is 2.60 bits per heavy atom. The van der Waals surface area contributed by atoms with Gasteiger partial charge in [-0.25, -0.2) is 9.97 Å². The molecule has 0 N–H and O–H groups in total. The van der Waals surface area contributed by atoms with Gasteiger partial charge in [0.25, 0.3) is 0 Å². The lowest BCUT2D eigenvalue weighted by atomic mass is 10.2. The summed E-state index contributed by atoms with van der Waals surface area (Å²) in [5, 5.41) is 0.196. The second-order valence-corrected chi connectivity index (χ2v) is 12.2. The molecule has 0 aliphatic carbocycles. The lowest BCUT2D eigenvalue weighted by Gasteiger charge is -2.38. The number of imidazole rings is 1. The second kappa shape index (κ2) is 5.24. The van der Waals surface area contributed by atoms with Crippen molar-refractivity contribution in [3.05, 3.63) is 28.8 Å². The summed E-state index contributed by atoms with van der Waals surface area (Å²) in [4.78, 5) is 8.85. The molecule has 0 radical (unpaired) electrons. The van der Waals surface area contributed by atoms with E-state index in [4.69, 9.17) is 4.43 Å². The average Bonchev–Trinajstić information content (AvgIpc) is 2.68. The van der Waals surface area contributed by atoms with Crippen LogP contribution in [-0.4, -0.2) is 22.7 Å². The minimum Gasteiger partial charge on any atom is -0.409 e. The highest BCUT2D eigenvalue weighted by Crippen LogP contribution is 2.39. The molecule has 0 saturated heterocycles. The fraction of sp³-hybridized carbons (Fsp3) is 0.571. The summed E-state index contributed by atoms with van der Waals surface area (Å²) < 4.78 is 9.18. The molecule has 0 aliphatic heterocycles. The van der Waals surface area contributed by atoms with Gasteiger partial charge in [0, 0.05) is 6.20 Å². The van der Waals surface area contributed by atoms with Crippen molar-refractivity contribution >= 4 is 30.0 Å². The van der Waals surface area contributed by atoms with Crippen molar-refractivity contribution in [2.45, 2.75) is 51.9 Å². The van der Waals surface area contributed by atoms with Crippen molar-refractivity contribution in [1.82, 2.24) is 14.4 Å². The zero-order chi connectivity index (χ0) is 15.1. The zero-order valence-electron chi connectivity index (χ0n) is 12.9. The Hall–Kier alpha value is -0.723. The average molecular weight is 356 g/mol. The SMILES string of the molecule is CC(O[Si](C)(C)C(C)(C)C)c1ccn2c(Br)cnc2n1. The van der Waals surface area contributed by atoms with E-state index in [0.717, 1.165) is 10.3 Å². The summed E-state index contributed by atoms with van der Waals surface area (Å²) >= 11 is 3.44. The van der Waals surface area contributed by atoms with Crippen LogP contribution in [0.15, 0.2) is 23.1 Å². The van der Waals surface area contributed by atoms with E-state index in [-0.39, 0.29) is 11.1 Å². The fourth-order valence-corrected chi connectivity index (χ4v) is 3.50. The molecule has 110 valence electrons. The molecule has 6 heteroatoms. The number of hydrogen-bond acceptors (Lipinski definition) is 3. The third-order valence-corrected chi connectivity index (χ3v) is 9.19. The predicted octanol–water partition coefficient (Wildman–Crippen LogP) is 4.57. The van der Waals surface area contributed by atoms with E-state index in [2.05, 4.69) is 66.7 Å². The fourth-order valence-electron chi connectivity index (χ4n) is 1.76. The molecule has 0 fully saturated rings. The summed E-state index contributed by atoms with van der Waals surface area (Å²) in [6.45, 7) is 13.3. The largest absolute Gasteiger partial charge is 0.409 e. The number of aromatic nitrogens is 3. The van der Waals surface area contributed by atoms with Crippen molar-refractivity contribution < 1.29 is 4.43 Å². The van der Waals surface area contributed by atoms with Gasteiger partial charge in [0.1, 0.15) is 4.60 Å². The first-order chi connectivity index (χ1) is 9.12. The van der Waals surface area contributed by atoms with Gasteiger partial charge in [-0.2, -0.15) is 0 Å². The molecule has 0 saturated carbocycles. The highest BCUT2D eigenvalue weighted by atomic mass is 79.9. The molecule has 2 aromatic heterocycles. The first-order valence-electron chi connectivity index (χ1n) is 6.79. The van der Waals surface area contributed by atoms with Gasteiger partial charge >= 0.3 is 0 Å². The third-order valence-electron chi connectivity index (χ3n) is 4.05.